The fourth-order valence-corrected chi connectivity index (χ4v) is 7.98. The number of hydrazine groups is 1. The summed E-state index contributed by atoms with van der Waals surface area (Å²) in [7, 11) is 5.34. The molecule has 0 bridgehead atoms. The highest BCUT2D eigenvalue weighted by Gasteiger charge is 2.39. The molecule has 3 aromatic rings. The van der Waals surface area contributed by atoms with Crippen LogP contribution in [0, 0.1) is 5.92 Å². The number of carbonyl (C=O) groups excluding carboxylic acids is 2. The van der Waals surface area contributed by atoms with Gasteiger partial charge in [-0.2, -0.15) is 4.98 Å². The molecular weight excluding hydrogens is 642 g/mol. The topological polar surface area (TPSA) is 109 Å². The second-order valence-corrected chi connectivity index (χ2v) is 14.7. The van der Waals surface area contributed by atoms with Gasteiger partial charge in [-0.15, -0.1) is 0 Å². The third-order valence-corrected chi connectivity index (χ3v) is 11.1. The number of likely N-dealkylation sites (N-methyl/N-ethyl adjacent to an activating group) is 1. The standard InChI is InChI=1S/C39H53N9O3/c1-5-33-38(50)45(3)34-24-40-39(43-36(34)48(33)44(2)25-27-9-7-6-8-10-27)42-32-18-13-29(23-35(32)51-4)37(49)41-30-14-16-31(17-15-30)47-21-19-46(20-22-47)26-28-11-12-28/h6-10,13,18,23-24,28,30-31,33H,5,11-12,14-17,19-22,25-26H2,1-4H3,(H,41,49)(H,40,42,43)/t30-,31-,33?. The molecule has 272 valence electrons. The van der Waals surface area contributed by atoms with Gasteiger partial charge < -0.3 is 25.2 Å². The first-order chi connectivity index (χ1) is 24.8. The number of ether oxygens (including phenoxy) is 1. The molecule has 2 aromatic carbocycles. The second kappa shape index (κ2) is 15.5. The van der Waals surface area contributed by atoms with Gasteiger partial charge in [0.05, 0.1) is 19.0 Å². The molecule has 2 N–H and O–H groups in total. The molecule has 2 aliphatic carbocycles. The Kier molecular flexibility index (Phi) is 10.7. The lowest BCUT2D eigenvalue weighted by Crippen LogP contribution is -2.57. The molecule has 3 fully saturated rings. The van der Waals surface area contributed by atoms with Crippen LogP contribution in [0.5, 0.6) is 5.75 Å². The van der Waals surface area contributed by atoms with Crippen LogP contribution in [0.4, 0.5) is 23.1 Å². The van der Waals surface area contributed by atoms with Crippen molar-refractivity contribution in [3.8, 4) is 5.75 Å². The van der Waals surface area contributed by atoms with Crippen LogP contribution in [-0.4, -0.2) is 109 Å². The summed E-state index contributed by atoms with van der Waals surface area (Å²) < 4.78 is 5.74. The summed E-state index contributed by atoms with van der Waals surface area (Å²) in [4.78, 5) is 43.3. The van der Waals surface area contributed by atoms with Gasteiger partial charge in [0.15, 0.2) is 5.82 Å². The molecule has 3 heterocycles. The van der Waals surface area contributed by atoms with E-state index in [-0.39, 0.29) is 17.9 Å². The first-order valence-corrected chi connectivity index (χ1v) is 18.7. The lowest BCUT2D eigenvalue weighted by Gasteiger charge is -2.44. The number of amides is 2. The molecule has 2 aliphatic heterocycles. The van der Waals surface area contributed by atoms with Crippen molar-refractivity contribution in [2.24, 2.45) is 5.92 Å². The van der Waals surface area contributed by atoms with Gasteiger partial charge in [0.25, 0.3) is 11.8 Å². The lowest BCUT2D eigenvalue weighted by molar-refractivity contribution is -0.120. The summed E-state index contributed by atoms with van der Waals surface area (Å²) in [5.41, 5.74) is 2.96. The van der Waals surface area contributed by atoms with Crippen LogP contribution >= 0.6 is 0 Å². The van der Waals surface area contributed by atoms with Crippen molar-refractivity contribution in [1.82, 2.24) is 30.1 Å². The highest BCUT2D eigenvalue weighted by Crippen LogP contribution is 2.37. The minimum atomic E-state index is -0.409. The normalized spacial score (nSPS) is 22.9. The molecule has 12 heteroatoms. The van der Waals surface area contributed by atoms with Gasteiger partial charge in [-0.05, 0) is 74.6 Å². The number of hydrogen-bond acceptors (Lipinski definition) is 10. The second-order valence-electron chi connectivity index (χ2n) is 14.7. The Labute approximate surface area is 302 Å². The van der Waals surface area contributed by atoms with Crippen LogP contribution in [0.1, 0.15) is 67.8 Å². The molecule has 12 nitrogen and oxygen atoms in total. The summed E-state index contributed by atoms with van der Waals surface area (Å²) in [6, 6.07) is 16.0. The summed E-state index contributed by atoms with van der Waals surface area (Å²) >= 11 is 0. The van der Waals surface area contributed by atoms with Crippen LogP contribution < -0.4 is 25.3 Å². The minimum absolute atomic E-state index is 0.00440. The summed E-state index contributed by atoms with van der Waals surface area (Å²) in [5, 5.41) is 10.6. The van der Waals surface area contributed by atoms with Gasteiger partial charge in [0.2, 0.25) is 5.95 Å². The van der Waals surface area contributed by atoms with E-state index in [1.165, 1.54) is 45.6 Å². The average Bonchev–Trinajstić information content (AvgIpc) is 3.98. The first-order valence-electron chi connectivity index (χ1n) is 18.7. The number of methoxy groups -OCH3 is 1. The number of anilines is 4. The fraction of sp³-hybridized carbons (Fsp3) is 0.538. The number of aromatic nitrogens is 2. The number of nitrogens with zero attached hydrogens (tertiary/aromatic N) is 7. The van der Waals surface area contributed by atoms with Gasteiger partial charge in [0.1, 0.15) is 17.5 Å². The molecule has 4 aliphatic rings. The van der Waals surface area contributed by atoms with E-state index in [0.717, 1.165) is 37.2 Å². The molecule has 1 saturated heterocycles. The zero-order valence-electron chi connectivity index (χ0n) is 30.6. The third-order valence-electron chi connectivity index (χ3n) is 11.1. The van der Waals surface area contributed by atoms with Crippen LogP contribution in [0.25, 0.3) is 0 Å². The maximum atomic E-state index is 13.4. The van der Waals surface area contributed by atoms with Gasteiger partial charge in [-0.25, -0.2) is 9.99 Å². The quantitative estimate of drug-likeness (QED) is 0.272. The highest BCUT2D eigenvalue weighted by molar-refractivity contribution is 6.04. The summed E-state index contributed by atoms with van der Waals surface area (Å²) in [5.74, 6) is 2.39. The minimum Gasteiger partial charge on any atom is -0.495 e. The van der Waals surface area contributed by atoms with Gasteiger partial charge in [0, 0.05) is 71.0 Å². The van der Waals surface area contributed by atoms with Crippen molar-refractivity contribution in [3.05, 3.63) is 65.9 Å². The largest absolute Gasteiger partial charge is 0.495 e. The molecule has 2 saturated carbocycles. The maximum absolute atomic E-state index is 13.4. The first kappa shape index (κ1) is 35.2. The fourth-order valence-electron chi connectivity index (χ4n) is 7.98. The highest BCUT2D eigenvalue weighted by atomic mass is 16.5. The van der Waals surface area contributed by atoms with E-state index in [2.05, 4.69) is 37.6 Å². The summed E-state index contributed by atoms with van der Waals surface area (Å²) in [6.07, 6.45) is 9.39. The van der Waals surface area contributed by atoms with Gasteiger partial charge in [-0.1, -0.05) is 37.3 Å². The molecule has 1 aromatic heterocycles. The lowest BCUT2D eigenvalue weighted by atomic mass is 9.89. The number of hydrogen-bond donors (Lipinski definition) is 2. The molecule has 0 radical (unpaired) electrons. The number of benzene rings is 2. The van der Waals surface area contributed by atoms with Crippen LogP contribution in [-0.2, 0) is 11.3 Å². The molecular formula is C39H53N9O3. The van der Waals surface area contributed by atoms with Crippen molar-refractivity contribution in [2.75, 3.05) is 69.2 Å². The Morgan fingerprint density at radius 3 is 2.43 bits per heavy atom. The molecule has 1 unspecified atom stereocenters. The Hall–Kier alpha value is -4.26. The SMILES string of the molecule is CCC1C(=O)N(C)c2cnc(Nc3ccc(C(=O)N[C@H]4CC[C@H](N5CCN(CC6CC6)CC5)CC4)cc3OC)nc2N1N(C)Cc1ccccc1. The zero-order valence-corrected chi connectivity index (χ0v) is 30.6. The van der Waals surface area contributed by atoms with E-state index in [0.29, 0.717) is 53.5 Å². The molecule has 2 amide bonds. The van der Waals surface area contributed by atoms with Crippen molar-refractivity contribution < 1.29 is 14.3 Å². The zero-order chi connectivity index (χ0) is 35.5. The number of carbonyl (C=O) groups is 2. The van der Waals surface area contributed by atoms with E-state index in [4.69, 9.17) is 9.72 Å². The predicted molar refractivity (Wildman–Crippen MR) is 200 cm³/mol. The van der Waals surface area contributed by atoms with Gasteiger partial charge >= 0.3 is 0 Å². The smallest absolute Gasteiger partial charge is 0.251 e. The number of fused-ring (bicyclic) bond motifs is 1. The summed E-state index contributed by atoms with van der Waals surface area (Å²) in [6.45, 7) is 8.65. The van der Waals surface area contributed by atoms with E-state index in [1.54, 1.807) is 31.3 Å². The average molecular weight is 696 g/mol. The Balaban J connectivity index is 0.990. The Morgan fingerprint density at radius 2 is 1.75 bits per heavy atom. The molecule has 51 heavy (non-hydrogen) atoms. The van der Waals surface area contributed by atoms with E-state index < -0.39 is 6.04 Å². The predicted octanol–water partition coefficient (Wildman–Crippen LogP) is 4.91. The molecule has 1 atom stereocenters. The number of rotatable bonds is 12. The van der Waals surface area contributed by atoms with Crippen LogP contribution in [0.15, 0.2) is 54.7 Å². The van der Waals surface area contributed by atoms with Crippen molar-refractivity contribution in [1.29, 1.82) is 0 Å². The Bertz CT molecular complexity index is 1670. The van der Waals surface area contributed by atoms with E-state index in [9.17, 15) is 9.59 Å². The van der Waals surface area contributed by atoms with Crippen molar-refractivity contribution in [3.63, 3.8) is 0 Å². The van der Waals surface area contributed by atoms with Crippen molar-refractivity contribution >= 4 is 35.0 Å². The van der Waals surface area contributed by atoms with E-state index >= 15 is 0 Å². The Morgan fingerprint density at radius 1 is 1.00 bits per heavy atom. The van der Waals surface area contributed by atoms with Crippen LogP contribution in [0.2, 0.25) is 0 Å². The third kappa shape index (κ3) is 7.98. The number of piperazine rings is 1. The number of nitrogens with one attached hydrogen (secondary N) is 2. The van der Waals surface area contributed by atoms with Crippen molar-refractivity contribution in [2.45, 2.75) is 76.5 Å². The molecule has 0 spiro atoms. The van der Waals surface area contributed by atoms with E-state index in [1.807, 2.05) is 54.3 Å². The van der Waals surface area contributed by atoms with Crippen LogP contribution in [0.3, 0.4) is 0 Å². The molecule has 7 rings (SSSR count). The maximum Gasteiger partial charge on any atom is 0.251 e. The monoisotopic (exact) mass is 695 g/mol. The van der Waals surface area contributed by atoms with Gasteiger partial charge in [-0.3, -0.25) is 19.5 Å².